The summed E-state index contributed by atoms with van der Waals surface area (Å²) in [5.41, 5.74) is 10.1. The molecule has 0 aromatic carbocycles. The van der Waals surface area contributed by atoms with E-state index in [9.17, 15) is 4.79 Å². The van der Waals surface area contributed by atoms with E-state index in [1.165, 1.54) is 6.42 Å². The van der Waals surface area contributed by atoms with Gasteiger partial charge in [-0.1, -0.05) is 13.8 Å². The number of hydrogen-bond donors (Lipinski definition) is 2. The van der Waals surface area contributed by atoms with Gasteiger partial charge in [-0.05, 0) is 54.7 Å². The molecule has 5 rings (SSSR count). The predicted octanol–water partition coefficient (Wildman–Crippen LogP) is 4.43. The number of pyridine rings is 2. The van der Waals surface area contributed by atoms with Gasteiger partial charge in [-0.15, -0.1) is 0 Å². The van der Waals surface area contributed by atoms with Gasteiger partial charge in [0.25, 0.3) is 5.91 Å². The summed E-state index contributed by atoms with van der Waals surface area (Å²) in [4.78, 5) is 24.4. The van der Waals surface area contributed by atoms with Crippen molar-refractivity contribution in [3.05, 3.63) is 41.9 Å². The highest BCUT2D eigenvalue weighted by atomic mass is 16.5. The molecule has 5 heterocycles. The van der Waals surface area contributed by atoms with Gasteiger partial charge in [-0.2, -0.15) is 0 Å². The third-order valence-electron chi connectivity index (χ3n) is 6.75. The van der Waals surface area contributed by atoms with Crippen LogP contribution in [0, 0.1) is 11.8 Å². The summed E-state index contributed by atoms with van der Waals surface area (Å²) in [6.45, 7) is 7.92. The minimum absolute atomic E-state index is 0.0739. The molecule has 3 aromatic rings. The van der Waals surface area contributed by atoms with Crippen LogP contribution in [0.5, 0.6) is 0 Å². The first-order valence-corrected chi connectivity index (χ1v) is 11.8. The van der Waals surface area contributed by atoms with E-state index in [1.807, 2.05) is 18.3 Å². The van der Waals surface area contributed by atoms with E-state index in [-0.39, 0.29) is 17.4 Å². The Kier molecular flexibility index (Phi) is 5.93. The minimum Gasteiger partial charge on any atom is -0.438 e. The molecular formula is C25H31N5O3. The number of amides is 1. The van der Waals surface area contributed by atoms with Gasteiger partial charge in [-0.3, -0.25) is 14.8 Å². The lowest BCUT2D eigenvalue weighted by atomic mass is 9.91. The van der Waals surface area contributed by atoms with Gasteiger partial charge in [0.05, 0.1) is 17.6 Å². The lowest BCUT2D eigenvalue weighted by molar-refractivity contribution is 0.0853. The molecule has 2 saturated heterocycles. The van der Waals surface area contributed by atoms with Crippen molar-refractivity contribution in [1.29, 1.82) is 0 Å². The molecule has 0 radical (unpaired) electrons. The number of furan rings is 1. The number of nitrogens with two attached hydrogens (primary N) is 1. The Morgan fingerprint density at radius 1 is 1.18 bits per heavy atom. The molecule has 3 N–H and O–H groups in total. The number of hydrogen-bond acceptors (Lipinski definition) is 7. The Morgan fingerprint density at radius 3 is 2.70 bits per heavy atom. The molecule has 2 aliphatic rings. The Morgan fingerprint density at radius 2 is 1.94 bits per heavy atom. The highest BCUT2D eigenvalue weighted by Gasteiger charge is 2.26. The van der Waals surface area contributed by atoms with Crippen molar-refractivity contribution < 1.29 is 13.9 Å². The number of fused-ring (bicyclic) bond motifs is 1. The largest absolute Gasteiger partial charge is 0.438 e. The van der Waals surface area contributed by atoms with Crippen molar-refractivity contribution in [2.45, 2.75) is 39.0 Å². The van der Waals surface area contributed by atoms with Crippen molar-refractivity contribution in [3.63, 3.8) is 0 Å². The summed E-state index contributed by atoms with van der Waals surface area (Å²) in [7, 11) is 0. The molecule has 0 unspecified atom stereocenters. The van der Waals surface area contributed by atoms with E-state index in [0.29, 0.717) is 34.5 Å². The van der Waals surface area contributed by atoms with Crippen molar-refractivity contribution in [1.82, 2.24) is 9.97 Å². The summed E-state index contributed by atoms with van der Waals surface area (Å²) >= 11 is 0. The zero-order valence-electron chi connectivity index (χ0n) is 19.2. The summed E-state index contributed by atoms with van der Waals surface area (Å²) in [5.74, 6) is 1.29. The fourth-order valence-electron chi connectivity index (χ4n) is 5.29. The normalized spacial score (nSPS) is 21.9. The Bertz CT molecular complexity index is 1140. The fourth-order valence-corrected chi connectivity index (χ4v) is 5.29. The van der Waals surface area contributed by atoms with Crippen LogP contribution < -0.4 is 16.0 Å². The average molecular weight is 450 g/mol. The molecular weight excluding hydrogens is 418 g/mol. The van der Waals surface area contributed by atoms with E-state index in [1.54, 1.807) is 12.4 Å². The lowest BCUT2D eigenvalue weighted by Gasteiger charge is -2.37. The first-order valence-electron chi connectivity index (χ1n) is 11.8. The first kappa shape index (κ1) is 21.7. The predicted molar refractivity (Wildman–Crippen MR) is 129 cm³/mol. The number of piperidine rings is 1. The second-order valence-electron chi connectivity index (χ2n) is 9.54. The molecule has 3 aromatic heterocycles. The van der Waals surface area contributed by atoms with Crippen LogP contribution >= 0.6 is 0 Å². The van der Waals surface area contributed by atoms with Gasteiger partial charge in [0.2, 0.25) is 5.88 Å². The Labute approximate surface area is 193 Å². The molecule has 33 heavy (non-hydrogen) atoms. The molecule has 2 fully saturated rings. The van der Waals surface area contributed by atoms with Crippen molar-refractivity contribution in [2.24, 2.45) is 11.8 Å². The van der Waals surface area contributed by atoms with Crippen LogP contribution in [0.15, 0.2) is 35.1 Å². The van der Waals surface area contributed by atoms with Crippen LogP contribution in [-0.2, 0) is 4.74 Å². The maximum Gasteiger partial charge on any atom is 0.263 e. The second kappa shape index (κ2) is 9.02. The molecule has 1 amide bonds. The van der Waals surface area contributed by atoms with Gasteiger partial charge in [0, 0.05) is 38.7 Å². The molecule has 174 valence electrons. The van der Waals surface area contributed by atoms with Crippen molar-refractivity contribution in [2.75, 3.05) is 42.3 Å². The van der Waals surface area contributed by atoms with E-state index < -0.39 is 0 Å². The first-order chi connectivity index (χ1) is 16.0. The highest BCUT2D eigenvalue weighted by molar-refractivity contribution is 6.15. The highest BCUT2D eigenvalue weighted by Crippen LogP contribution is 2.34. The number of nitrogen functional groups attached to an aromatic ring is 1. The number of ether oxygens (including phenoxy) is 1. The lowest BCUT2D eigenvalue weighted by Crippen LogP contribution is -2.39. The smallest absolute Gasteiger partial charge is 0.263 e. The zero-order chi connectivity index (χ0) is 22.9. The molecule has 2 aliphatic heterocycles. The molecule has 0 spiro atoms. The van der Waals surface area contributed by atoms with Gasteiger partial charge in [0.15, 0.2) is 5.58 Å². The van der Waals surface area contributed by atoms with Crippen molar-refractivity contribution in [3.8, 4) is 0 Å². The Hall–Kier alpha value is -3.13. The number of carbonyl (C=O) groups excluding carboxylic acids is 1. The molecule has 8 nitrogen and oxygen atoms in total. The van der Waals surface area contributed by atoms with Crippen LogP contribution in [0.3, 0.4) is 0 Å². The number of carbonyl (C=O) groups is 1. The molecule has 8 heteroatoms. The van der Waals surface area contributed by atoms with Gasteiger partial charge < -0.3 is 25.1 Å². The third-order valence-corrected chi connectivity index (χ3v) is 6.75. The van der Waals surface area contributed by atoms with Crippen LogP contribution in [0.2, 0.25) is 0 Å². The summed E-state index contributed by atoms with van der Waals surface area (Å²) in [6, 6.07) is 3.91. The molecule has 2 atom stereocenters. The maximum absolute atomic E-state index is 13.3. The monoisotopic (exact) mass is 449 g/mol. The standard InChI is InChI=1S/C25H31N5O3/c1-15-9-16(2)14-30(13-15)20-3-6-27-12-19(20)29-25(31)22-23-21(33-24(22)26)10-18(11-28-23)17-4-7-32-8-5-17/h3,6,10-12,15-17H,4-5,7-9,13-14,26H2,1-2H3,(H,29,31)/t15-,16+. The van der Waals surface area contributed by atoms with Crippen LogP contribution in [0.1, 0.15) is 54.9 Å². The van der Waals surface area contributed by atoms with E-state index >= 15 is 0 Å². The maximum atomic E-state index is 13.3. The van der Waals surface area contributed by atoms with E-state index in [4.69, 9.17) is 14.9 Å². The van der Waals surface area contributed by atoms with Gasteiger partial charge >= 0.3 is 0 Å². The summed E-state index contributed by atoms with van der Waals surface area (Å²) in [6.07, 6.45) is 8.39. The van der Waals surface area contributed by atoms with Gasteiger partial charge in [-0.25, -0.2) is 0 Å². The number of aromatic nitrogens is 2. The number of anilines is 3. The molecule has 0 saturated carbocycles. The van der Waals surface area contributed by atoms with Crippen LogP contribution in [-0.4, -0.2) is 42.2 Å². The average Bonchev–Trinajstić information content (AvgIpc) is 3.14. The second-order valence-corrected chi connectivity index (χ2v) is 9.54. The van der Waals surface area contributed by atoms with Crippen LogP contribution in [0.4, 0.5) is 17.3 Å². The summed E-state index contributed by atoms with van der Waals surface area (Å²) in [5, 5.41) is 3.01. The minimum atomic E-state index is -0.343. The van der Waals surface area contributed by atoms with Gasteiger partial charge in [0.1, 0.15) is 11.1 Å². The van der Waals surface area contributed by atoms with Crippen LogP contribution in [0.25, 0.3) is 11.1 Å². The molecule has 0 bridgehead atoms. The van der Waals surface area contributed by atoms with E-state index in [0.717, 1.165) is 50.4 Å². The quantitative estimate of drug-likeness (QED) is 0.607. The van der Waals surface area contributed by atoms with E-state index in [2.05, 4.69) is 34.0 Å². The third kappa shape index (κ3) is 4.39. The Balaban J connectivity index is 1.41. The number of rotatable bonds is 4. The SMILES string of the molecule is C[C@@H]1C[C@H](C)CN(c2ccncc2NC(=O)c2c(N)oc3cc(C4CCOCC4)cnc23)C1. The number of nitrogens with zero attached hydrogens (tertiary/aromatic N) is 3. The number of nitrogens with one attached hydrogen (secondary N) is 1. The molecule has 0 aliphatic carbocycles. The van der Waals surface area contributed by atoms with Crippen molar-refractivity contribution >= 4 is 34.3 Å². The fraction of sp³-hybridized carbons (Fsp3) is 0.480. The topological polar surface area (TPSA) is 107 Å². The summed E-state index contributed by atoms with van der Waals surface area (Å²) < 4.78 is 11.2. The zero-order valence-corrected chi connectivity index (χ0v) is 19.2.